The fraction of sp³-hybridized carbons (Fsp3) is 0.0714. The van der Waals surface area contributed by atoms with Crippen molar-refractivity contribution in [2.45, 2.75) is 6.61 Å². The minimum Gasteiger partial charge on any atom is -0.488 e. The van der Waals surface area contributed by atoms with E-state index in [4.69, 9.17) is 39.1 Å². The lowest BCUT2D eigenvalue weighted by Gasteiger charge is -2.11. The number of ether oxygens (including phenoxy) is 1. The van der Waals surface area contributed by atoms with Gasteiger partial charge in [0.1, 0.15) is 18.2 Å². The summed E-state index contributed by atoms with van der Waals surface area (Å²) in [5.74, 6) is 0.513. The highest BCUT2D eigenvalue weighted by Gasteiger charge is 2.07. The number of nitrogens with two attached hydrogens (primary N) is 1. The van der Waals surface area contributed by atoms with Gasteiger partial charge < -0.3 is 10.5 Å². The Morgan fingerprint density at radius 2 is 1.89 bits per heavy atom. The molecule has 0 aliphatic rings. The number of amidine groups is 1. The number of nitrogens with one attached hydrogen (secondary N) is 1. The van der Waals surface area contributed by atoms with Gasteiger partial charge in [-0.1, -0.05) is 35.3 Å². The Labute approximate surface area is 121 Å². The second-order valence-electron chi connectivity index (χ2n) is 3.93. The van der Waals surface area contributed by atoms with Gasteiger partial charge in [0.05, 0.1) is 5.56 Å². The van der Waals surface area contributed by atoms with Crippen LogP contribution in [0.25, 0.3) is 0 Å². The van der Waals surface area contributed by atoms with E-state index in [1.165, 1.54) is 0 Å². The van der Waals surface area contributed by atoms with Crippen LogP contribution < -0.4 is 10.5 Å². The molecular weight excluding hydrogens is 283 g/mol. The van der Waals surface area contributed by atoms with Crippen LogP contribution in [0.3, 0.4) is 0 Å². The van der Waals surface area contributed by atoms with Crippen LogP contribution in [0, 0.1) is 5.41 Å². The molecule has 0 atom stereocenters. The third-order valence-corrected chi connectivity index (χ3v) is 3.17. The SMILES string of the molecule is N=C(N)c1ccccc1OCc1cc(Cl)ccc1Cl. The van der Waals surface area contributed by atoms with Gasteiger partial charge in [-0.25, -0.2) is 0 Å². The summed E-state index contributed by atoms with van der Waals surface area (Å²) in [4.78, 5) is 0. The Bertz CT molecular complexity index is 614. The number of nitrogen functional groups attached to an aromatic ring is 1. The van der Waals surface area contributed by atoms with Gasteiger partial charge in [-0.3, -0.25) is 5.41 Å². The van der Waals surface area contributed by atoms with E-state index in [1.807, 2.05) is 6.07 Å². The summed E-state index contributed by atoms with van der Waals surface area (Å²) >= 11 is 12.0. The third kappa shape index (κ3) is 3.40. The summed E-state index contributed by atoms with van der Waals surface area (Å²) in [6, 6.07) is 12.3. The number of rotatable bonds is 4. The first kappa shape index (κ1) is 13.7. The van der Waals surface area contributed by atoms with Crippen LogP contribution in [0.15, 0.2) is 42.5 Å². The molecule has 0 aromatic heterocycles. The lowest BCUT2D eigenvalue weighted by atomic mass is 10.2. The molecule has 2 aromatic rings. The third-order valence-electron chi connectivity index (χ3n) is 2.57. The molecule has 0 heterocycles. The molecule has 2 aromatic carbocycles. The van der Waals surface area contributed by atoms with Gasteiger partial charge in [-0.15, -0.1) is 0 Å². The predicted molar refractivity (Wildman–Crippen MR) is 78.3 cm³/mol. The first-order valence-corrected chi connectivity index (χ1v) is 6.33. The molecule has 98 valence electrons. The van der Waals surface area contributed by atoms with E-state index < -0.39 is 0 Å². The van der Waals surface area contributed by atoms with Crippen LogP contribution in [0.1, 0.15) is 11.1 Å². The van der Waals surface area contributed by atoms with E-state index in [0.717, 1.165) is 5.56 Å². The number of hydrogen-bond acceptors (Lipinski definition) is 2. The van der Waals surface area contributed by atoms with Crippen molar-refractivity contribution in [3.63, 3.8) is 0 Å². The molecule has 19 heavy (non-hydrogen) atoms. The molecule has 0 aliphatic heterocycles. The fourth-order valence-corrected chi connectivity index (χ4v) is 1.99. The Balaban J connectivity index is 2.19. The molecule has 0 radical (unpaired) electrons. The quantitative estimate of drug-likeness (QED) is 0.664. The number of benzene rings is 2. The van der Waals surface area contributed by atoms with E-state index >= 15 is 0 Å². The molecule has 3 nitrogen and oxygen atoms in total. The largest absolute Gasteiger partial charge is 0.488 e. The number of hydrogen-bond donors (Lipinski definition) is 2. The number of para-hydroxylation sites is 1. The van der Waals surface area contributed by atoms with Crippen molar-refractivity contribution in [2.75, 3.05) is 0 Å². The van der Waals surface area contributed by atoms with Crippen molar-refractivity contribution in [1.82, 2.24) is 0 Å². The lowest BCUT2D eigenvalue weighted by molar-refractivity contribution is 0.305. The van der Waals surface area contributed by atoms with Crippen LogP contribution in [0.4, 0.5) is 0 Å². The highest BCUT2D eigenvalue weighted by atomic mass is 35.5. The van der Waals surface area contributed by atoms with Gasteiger partial charge in [0, 0.05) is 15.6 Å². The molecule has 0 spiro atoms. The average Bonchev–Trinajstić information content (AvgIpc) is 2.40. The summed E-state index contributed by atoms with van der Waals surface area (Å²) in [6.07, 6.45) is 0. The van der Waals surface area contributed by atoms with Gasteiger partial charge in [0.15, 0.2) is 0 Å². The molecular formula is C14H12Cl2N2O. The Morgan fingerprint density at radius 3 is 2.63 bits per heavy atom. The van der Waals surface area contributed by atoms with Crippen LogP contribution in [0.2, 0.25) is 10.0 Å². The zero-order valence-electron chi connectivity index (χ0n) is 9.99. The second-order valence-corrected chi connectivity index (χ2v) is 4.78. The second kappa shape index (κ2) is 5.95. The van der Waals surface area contributed by atoms with E-state index in [9.17, 15) is 0 Å². The maximum Gasteiger partial charge on any atom is 0.130 e. The first-order chi connectivity index (χ1) is 9.08. The van der Waals surface area contributed by atoms with Gasteiger partial charge >= 0.3 is 0 Å². The van der Waals surface area contributed by atoms with Crippen molar-refractivity contribution in [3.8, 4) is 5.75 Å². The first-order valence-electron chi connectivity index (χ1n) is 5.58. The van der Waals surface area contributed by atoms with E-state index in [1.54, 1.807) is 36.4 Å². The highest BCUT2D eigenvalue weighted by Crippen LogP contribution is 2.24. The Morgan fingerprint density at radius 1 is 1.16 bits per heavy atom. The minimum atomic E-state index is -0.0345. The van der Waals surface area contributed by atoms with Gasteiger partial charge in [-0.05, 0) is 30.3 Å². The molecule has 0 saturated carbocycles. The molecule has 0 bridgehead atoms. The van der Waals surface area contributed by atoms with Crippen molar-refractivity contribution < 1.29 is 4.74 Å². The summed E-state index contributed by atoms with van der Waals surface area (Å²) in [5, 5.41) is 8.67. The van der Waals surface area contributed by atoms with Crippen LogP contribution in [-0.2, 0) is 6.61 Å². The smallest absolute Gasteiger partial charge is 0.130 e. The van der Waals surface area contributed by atoms with E-state index in [-0.39, 0.29) is 12.4 Å². The van der Waals surface area contributed by atoms with E-state index in [2.05, 4.69) is 0 Å². The minimum absolute atomic E-state index is 0.0345. The summed E-state index contributed by atoms with van der Waals surface area (Å²) < 4.78 is 5.66. The predicted octanol–water partition coefficient (Wildman–Crippen LogP) is 3.86. The van der Waals surface area contributed by atoms with Crippen LogP contribution in [0.5, 0.6) is 5.75 Å². The maximum absolute atomic E-state index is 7.49. The zero-order valence-corrected chi connectivity index (χ0v) is 11.5. The molecule has 0 fully saturated rings. The topological polar surface area (TPSA) is 59.1 Å². The van der Waals surface area contributed by atoms with Crippen molar-refractivity contribution in [1.29, 1.82) is 5.41 Å². The molecule has 3 N–H and O–H groups in total. The zero-order chi connectivity index (χ0) is 13.8. The summed E-state index contributed by atoms with van der Waals surface area (Å²) in [5.41, 5.74) is 6.83. The van der Waals surface area contributed by atoms with Crippen LogP contribution in [-0.4, -0.2) is 5.84 Å². The van der Waals surface area contributed by atoms with Crippen molar-refractivity contribution in [2.24, 2.45) is 5.73 Å². The molecule has 0 unspecified atom stereocenters. The van der Waals surface area contributed by atoms with Crippen molar-refractivity contribution in [3.05, 3.63) is 63.6 Å². The van der Waals surface area contributed by atoms with E-state index in [0.29, 0.717) is 21.4 Å². The lowest BCUT2D eigenvalue weighted by Crippen LogP contribution is -2.13. The fourth-order valence-electron chi connectivity index (χ4n) is 1.62. The Hall–Kier alpha value is -1.71. The Kier molecular flexibility index (Phi) is 4.30. The van der Waals surface area contributed by atoms with Crippen LogP contribution >= 0.6 is 23.2 Å². The van der Waals surface area contributed by atoms with Gasteiger partial charge in [-0.2, -0.15) is 0 Å². The average molecular weight is 295 g/mol. The molecule has 2 rings (SSSR count). The summed E-state index contributed by atoms with van der Waals surface area (Å²) in [6.45, 7) is 0.268. The maximum atomic E-state index is 7.49. The van der Waals surface area contributed by atoms with Crippen molar-refractivity contribution >= 4 is 29.0 Å². The summed E-state index contributed by atoms with van der Waals surface area (Å²) in [7, 11) is 0. The molecule has 0 saturated heterocycles. The monoisotopic (exact) mass is 294 g/mol. The normalized spacial score (nSPS) is 10.2. The highest BCUT2D eigenvalue weighted by molar-refractivity contribution is 6.33. The van der Waals surface area contributed by atoms with Gasteiger partial charge in [0.2, 0.25) is 0 Å². The molecule has 0 aliphatic carbocycles. The molecule has 0 amide bonds. The standard InChI is InChI=1S/C14H12Cl2N2O/c15-10-5-6-12(16)9(7-10)8-19-13-4-2-1-3-11(13)14(17)18/h1-7H,8H2,(H3,17,18). The van der Waals surface area contributed by atoms with Gasteiger partial charge in [0.25, 0.3) is 0 Å². The molecule has 5 heteroatoms. The number of halogens is 2.